The van der Waals surface area contributed by atoms with Crippen LogP contribution in [0.1, 0.15) is 28.4 Å². The second kappa shape index (κ2) is 9.79. The highest BCUT2D eigenvalue weighted by molar-refractivity contribution is 7.90. The average molecular weight is 507 g/mol. The highest BCUT2D eigenvalue weighted by Gasteiger charge is 2.33. The van der Waals surface area contributed by atoms with Crippen LogP contribution in [-0.2, 0) is 21.0 Å². The van der Waals surface area contributed by atoms with E-state index < -0.39 is 33.6 Å². The van der Waals surface area contributed by atoms with Crippen LogP contribution in [0.25, 0.3) is 11.1 Å². The Morgan fingerprint density at radius 2 is 1.63 bits per heavy atom. The molecule has 7 nitrogen and oxygen atoms in total. The molecule has 0 unspecified atom stereocenters. The largest absolute Gasteiger partial charge is 0.495 e. The summed E-state index contributed by atoms with van der Waals surface area (Å²) in [6, 6.07) is 13.2. The van der Waals surface area contributed by atoms with Crippen molar-refractivity contribution in [1.29, 1.82) is 0 Å². The zero-order valence-electron chi connectivity index (χ0n) is 18.9. The summed E-state index contributed by atoms with van der Waals surface area (Å²) in [5.41, 5.74) is 0.418. The summed E-state index contributed by atoms with van der Waals surface area (Å²) in [6.07, 6.45) is -4.53. The fraction of sp³-hybridized carbons (Fsp3) is 0.167. The number of sulfonamides is 1. The summed E-state index contributed by atoms with van der Waals surface area (Å²) >= 11 is 0. The predicted molar refractivity (Wildman–Crippen MR) is 124 cm³/mol. The molecule has 0 atom stereocenters. The Morgan fingerprint density at radius 1 is 0.943 bits per heavy atom. The van der Waals surface area contributed by atoms with Crippen LogP contribution in [0.5, 0.6) is 5.75 Å². The van der Waals surface area contributed by atoms with Gasteiger partial charge in [-0.25, -0.2) is 13.1 Å². The summed E-state index contributed by atoms with van der Waals surface area (Å²) < 4.78 is 71.7. The number of hydrogen-bond donors (Lipinski definition) is 2. The van der Waals surface area contributed by atoms with Crippen molar-refractivity contribution in [1.82, 2.24) is 4.72 Å². The van der Waals surface area contributed by atoms with Crippen molar-refractivity contribution < 1.29 is 35.9 Å². The molecule has 0 fully saturated rings. The molecule has 3 rings (SSSR count). The first-order valence-corrected chi connectivity index (χ1v) is 11.6. The third-order valence-electron chi connectivity index (χ3n) is 5.00. The van der Waals surface area contributed by atoms with Crippen molar-refractivity contribution in [2.45, 2.75) is 24.9 Å². The van der Waals surface area contributed by atoms with E-state index in [4.69, 9.17) is 4.74 Å². The van der Waals surface area contributed by atoms with Gasteiger partial charge in [0.2, 0.25) is 5.91 Å². The minimum absolute atomic E-state index is 0.00478. The molecule has 3 aromatic carbocycles. The molecular weight excluding hydrogens is 485 g/mol. The second-order valence-electron chi connectivity index (χ2n) is 7.55. The number of amides is 2. The molecule has 0 aromatic heterocycles. The summed E-state index contributed by atoms with van der Waals surface area (Å²) in [7, 11) is -2.94. The lowest BCUT2D eigenvalue weighted by atomic mass is 9.94. The fourth-order valence-corrected chi connectivity index (χ4v) is 4.63. The molecule has 35 heavy (non-hydrogen) atoms. The van der Waals surface area contributed by atoms with Crippen LogP contribution < -0.4 is 14.8 Å². The van der Waals surface area contributed by atoms with E-state index in [-0.39, 0.29) is 27.5 Å². The van der Waals surface area contributed by atoms with Crippen molar-refractivity contribution >= 4 is 27.5 Å². The van der Waals surface area contributed by atoms with E-state index in [1.807, 2.05) is 4.72 Å². The Morgan fingerprint density at radius 3 is 2.23 bits per heavy atom. The smallest absolute Gasteiger partial charge is 0.417 e. The Bertz CT molecular complexity index is 1400. The molecule has 184 valence electrons. The van der Waals surface area contributed by atoms with Crippen LogP contribution in [-0.4, -0.2) is 27.3 Å². The maximum Gasteiger partial charge on any atom is 0.417 e. The van der Waals surface area contributed by atoms with Gasteiger partial charge >= 0.3 is 6.18 Å². The summed E-state index contributed by atoms with van der Waals surface area (Å²) in [5, 5.41) is 2.59. The third kappa shape index (κ3) is 5.80. The molecule has 0 bridgehead atoms. The average Bonchev–Trinajstić information content (AvgIpc) is 2.77. The summed E-state index contributed by atoms with van der Waals surface area (Å²) in [6.45, 7) is 2.65. The van der Waals surface area contributed by atoms with E-state index in [0.29, 0.717) is 11.1 Å². The van der Waals surface area contributed by atoms with Gasteiger partial charge in [-0.05, 0) is 53.9 Å². The fourth-order valence-electron chi connectivity index (χ4n) is 3.49. The number of carbonyl (C=O) groups excluding carboxylic acids is 2. The summed E-state index contributed by atoms with van der Waals surface area (Å²) in [4.78, 5) is 23.6. The Hall–Kier alpha value is -3.86. The van der Waals surface area contributed by atoms with E-state index >= 15 is 0 Å². The number of alkyl halides is 3. The highest BCUT2D eigenvalue weighted by atomic mass is 32.2. The van der Waals surface area contributed by atoms with E-state index in [2.05, 4.69) is 5.32 Å². The van der Waals surface area contributed by atoms with E-state index in [0.717, 1.165) is 13.0 Å². The van der Waals surface area contributed by atoms with E-state index in [9.17, 15) is 31.2 Å². The van der Waals surface area contributed by atoms with Crippen LogP contribution in [0.4, 0.5) is 18.9 Å². The molecule has 2 amide bonds. The molecule has 0 saturated carbocycles. The maximum absolute atomic E-state index is 13.4. The minimum atomic E-state index is -4.53. The monoisotopic (exact) mass is 506 g/mol. The molecule has 0 aliphatic carbocycles. The van der Waals surface area contributed by atoms with Crippen LogP contribution >= 0.6 is 0 Å². The number of carbonyl (C=O) groups is 2. The Kier molecular flexibility index (Phi) is 7.20. The van der Waals surface area contributed by atoms with Gasteiger partial charge in [0.05, 0.1) is 12.7 Å². The molecule has 11 heteroatoms. The lowest BCUT2D eigenvalue weighted by Crippen LogP contribution is -2.28. The topological polar surface area (TPSA) is 102 Å². The molecule has 0 heterocycles. The van der Waals surface area contributed by atoms with Gasteiger partial charge in [-0.2, -0.15) is 13.2 Å². The summed E-state index contributed by atoms with van der Waals surface area (Å²) in [5.74, 6) is -1.45. The van der Waals surface area contributed by atoms with Gasteiger partial charge in [-0.1, -0.05) is 24.3 Å². The number of ether oxygens (including phenoxy) is 1. The van der Waals surface area contributed by atoms with Gasteiger partial charge in [0.1, 0.15) is 10.6 Å². The van der Waals surface area contributed by atoms with Crippen molar-refractivity contribution in [2.24, 2.45) is 0 Å². The standard InChI is InChI=1S/C24H21F3N2O5S/c1-14-12-16(8-10-18(14)19-6-4-5-7-20(19)24(25,26)27)23(31)28-17-9-11-22(21(13-17)34-3)35(32,33)29-15(2)30/h4-13H,1-3H3,(H,28,31)(H,29,30). The zero-order valence-corrected chi connectivity index (χ0v) is 19.7. The third-order valence-corrected chi connectivity index (χ3v) is 6.47. The molecule has 0 aliphatic rings. The Balaban J connectivity index is 1.88. The van der Waals surface area contributed by atoms with Gasteiger partial charge < -0.3 is 10.1 Å². The first-order valence-electron chi connectivity index (χ1n) is 10.1. The van der Waals surface area contributed by atoms with Crippen molar-refractivity contribution in [3.63, 3.8) is 0 Å². The molecule has 0 saturated heterocycles. The normalized spacial score (nSPS) is 11.6. The minimum Gasteiger partial charge on any atom is -0.495 e. The van der Waals surface area contributed by atoms with Crippen LogP contribution in [0, 0.1) is 6.92 Å². The van der Waals surface area contributed by atoms with Gasteiger partial charge in [0.15, 0.2) is 0 Å². The molecule has 0 radical (unpaired) electrons. The number of hydrogen-bond acceptors (Lipinski definition) is 5. The van der Waals surface area contributed by atoms with Gasteiger partial charge in [-0.3, -0.25) is 9.59 Å². The van der Waals surface area contributed by atoms with Crippen LogP contribution in [0.3, 0.4) is 0 Å². The highest BCUT2D eigenvalue weighted by Crippen LogP contribution is 2.38. The van der Waals surface area contributed by atoms with Gasteiger partial charge in [0.25, 0.3) is 15.9 Å². The number of aryl methyl sites for hydroxylation is 1. The molecule has 0 aliphatic heterocycles. The molecule has 3 aromatic rings. The molecule has 2 N–H and O–H groups in total. The van der Waals surface area contributed by atoms with E-state index in [1.165, 1.54) is 61.7 Å². The number of anilines is 1. The van der Waals surface area contributed by atoms with Crippen LogP contribution in [0.2, 0.25) is 0 Å². The number of benzene rings is 3. The number of methoxy groups -OCH3 is 1. The molecular formula is C24H21F3N2O5S. The van der Waals surface area contributed by atoms with E-state index in [1.54, 1.807) is 6.92 Å². The molecule has 0 spiro atoms. The quantitative estimate of drug-likeness (QED) is 0.502. The van der Waals surface area contributed by atoms with Crippen molar-refractivity contribution in [3.05, 3.63) is 77.4 Å². The first-order chi connectivity index (χ1) is 16.3. The zero-order chi connectivity index (χ0) is 26.0. The number of rotatable bonds is 6. The maximum atomic E-state index is 13.4. The number of halogens is 3. The number of nitrogens with one attached hydrogen (secondary N) is 2. The van der Waals surface area contributed by atoms with Crippen LogP contribution in [0.15, 0.2) is 65.6 Å². The lowest BCUT2D eigenvalue weighted by molar-refractivity contribution is -0.137. The Labute approximate surface area is 200 Å². The second-order valence-corrected chi connectivity index (χ2v) is 9.21. The van der Waals surface area contributed by atoms with Gasteiger partial charge in [-0.15, -0.1) is 0 Å². The lowest BCUT2D eigenvalue weighted by Gasteiger charge is -2.15. The SMILES string of the molecule is COc1cc(NC(=O)c2ccc(-c3ccccc3C(F)(F)F)c(C)c2)ccc1S(=O)(=O)NC(C)=O. The van der Waals surface area contributed by atoms with Gasteiger partial charge in [0, 0.05) is 24.2 Å². The predicted octanol–water partition coefficient (Wildman–Crippen LogP) is 4.77. The first kappa shape index (κ1) is 25.8. The van der Waals surface area contributed by atoms with Crippen molar-refractivity contribution in [2.75, 3.05) is 12.4 Å². The van der Waals surface area contributed by atoms with Crippen molar-refractivity contribution in [3.8, 4) is 16.9 Å².